The average Bonchev–Trinajstić information content (AvgIpc) is 2.67. The molecule has 1 aliphatic heterocycles. The number of hydrogen-bond acceptors (Lipinski definition) is 2. The molecule has 0 bridgehead atoms. The molecule has 2 aromatic carbocycles. The van der Waals surface area contributed by atoms with E-state index < -0.39 is 17.6 Å². The van der Waals surface area contributed by atoms with Crippen LogP contribution in [-0.2, 0) is 19.0 Å². The van der Waals surface area contributed by atoms with Gasteiger partial charge in [0.15, 0.2) is 0 Å². The zero-order chi connectivity index (χ0) is 20.6. The van der Waals surface area contributed by atoms with Crippen LogP contribution in [0, 0.1) is 5.82 Å². The maximum absolute atomic E-state index is 13.7. The lowest BCUT2D eigenvalue weighted by molar-refractivity contribution is -0.137. The van der Waals surface area contributed by atoms with Crippen LogP contribution in [0.3, 0.4) is 0 Å². The fourth-order valence-electron chi connectivity index (χ4n) is 3.60. The van der Waals surface area contributed by atoms with E-state index >= 15 is 0 Å². The molecule has 0 spiro atoms. The van der Waals surface area contributed by atoms with Gasteiger partial charge in [0.05, 0.1) is 5.56 Å². The first-order valence-corrected chi connectivity index (χ1v) is 9.03. The molecule has 7 heteroatoms. The van der Waals surface area contributed by atoms with Gasteiger partial charge in [-0.25, -0.2) is 4.39 Å². The number of carbonyl (C=O) groups excluding carboxylic acids is 1. The Morgan fingerprint density at radius 3 is 2.62 bits per heavy atom. The molecule has 1 N–H and O–H groups in total. The maximum Gasteiger partial charge on any atom is 0.416 e. The average molecular weight is 400 g/mol. The van der Waals surface area contributed by atoms with E-state index in [4.69, 9.17) is 0 Å². The number of nitrogens with one attached hydrogen (secondary N) is 1. The van der Waals surface area contributed by atoms with Gasteiger partial charge in [0.25, 0.3) is 5.91 Å². The molecular weight excluding hydrogens is 384 g/mol. The van der Waals surface area contributed by atoms with Crippen LogP contribution >= 0.6 is 0 Å². The van der Waals surface area contributed by atoms with Gasteiger partial charge in [-0.2, -0.15) is 13.2 Å². The van der Waals surface area contributed by atoms with Gasteiger partial charge in [0.2, 0.25) is 0 Å². The summed E-state index contributed by atoms with van der Waals surface area (Å²) in [6.07, 6.45) is -2.30. The number of alkyl halides is 3. The van der Waals surface area contributed by atoms with Gasteiger partial charge < -0.3 is 5.32 Å². The lowest BCUT2D eigenvalue weighted by Gasteiger charge is -2.20. The Balaban J connectivity index is 1.69. The zero-order valence-corrected chi connectivity index (χ0v) is 15.2. The van der Waals surface area contributed by atoms with Gasteiger partial charge in [0, 0.05) is 30.4 Å². The number of amides is 1. The number of halogens is 4. The molecule has 2 heterocycles. The maximum atomic E-state index is 13.7. The Morgan fingerprint density at radius 2 is 1.83 bits per heavy atom. The minimum absolute atomic E-state index is 0.0597. The van der Waals surface area contributed by atoms with Crippen molar-refractivity contribution >= 4 is 5.91 Å². The summed E-state index contributed by atoms with van der Waals surface area (Å²) >= 11 is 0. The fraction of sp³-hybridized carbons (Fsp3) is 0.182. The highest BCUT2D eigenvalue weighted by Gasteiger charge is 2.31. The Bertz CT molecular complexity index is 1090. The van der Waals surface area contributed by atoms with Crippen LogP contribution in [0.1, 0.15) is 32.7 Å². The summed E-state index contributed by atoms with van der Waals surface area (Å²) in [5, 5.41) is 2.80. The Labute approximate surface area is 164 Å². The van der Waals surface area contributed by atoms with Crippen LogP contribution < -0.4 is 5.32 Å². The topological polar surface area (TPSA) is 42.0 Å². The van der Waals surface area contributed by atoms with Crippen LogP contribution in [0.4, 0.5) is 17.6 Å². The van der Waals surface area contributed by atoms with E-state index in [-0.39, 0.29) is 17.9 Å². The third-order valence-corrected chi connectivity index (χ3v) is 4.88. The quantitative estimate of drug-likeness (QED) is 0.643. The Morgan fingerprint density at radius 1 is 1.03 bits per heavy atom. The van der Waals surface area contributed by atoms with Gasteiger partial charge in [-0.3, -0.25) is 9.78 Å². The molecule has 3 nitrogen and oxygen atoms in total. The molecule has 0 fully saturated rings. The van der Waals surface area contributed by atoms with E-state index in [1.807, 2.05) is 6.07 Å². The number of rotatable bonds is 3. The van der Waals surface area contributed by atoms with Crippen molar-refractivity contribution < 1.29 is 22.4 Å². The molecule has 1 aromatic heterocycles. The van der Waals surface area contributed by atoms with Crippen molar-refractivity contribution in [3.05, 3.63) is 88.5 Å². The predicted octanol–water partition coefficient (Wildman–Crippen LogP) is 4.78. The van der Waals surface area contributed by atoms with Crippen molar-refractivity contribution in [2.75, 3.05) is 6.54 Å². The highest BCUT2D eigenvalue weighted by atomic mass is 19.4. The van der Waals surface area contributed by atoms with Crippen molar-refractivity contribution in [1.29, 1.82) is 0 Å². The summed E-state index contributed by atoms with van der Waals surface area (Å²) in [6, 6.07) is 11.5. The van der Waals surface area contributed by atoms with Gasteiger partial charge >= 0.3 is 6.18 Å². The number of pyridine rings is 1. The first-order chi connectivity index (χ1) is 13.8. The molecule has 1 amide bonds. The monoisotopic (exact) mass is 400 g/mol. The number of aromatic nitrogens is 1. The third kappa shape index (κ3) is 3.99. The van der Waals surface area contributed by atoms with Crippen LogP contribution in [0.5, 0.6) is 0 Å². The molecular formula is C22H16F4N2O. The van der Waals surface area contributed by atoms with Crippen molar-refractivity contribution in [2.24, 2.45) is 0 Å². The molecule has 0 atom stereocenters. The summed E-state index contributed by atoms with van der Waals surface area (Å²) in [4.78, 5) is 16.3. The lowest BCUT2D eigenvalue weighted by atomic mass is 9.91. The number of hydrogen-bond donors (Lipinski definition) is 1. The van der Waals surface area contributed by atoms with Crippen molar-refractivity contribution in [1.82, 2.24) is 10.3 Å². The van der Waals surface area contributed by atoms with Crippen LogP contribution in [0.15, 0.2) is 54.7 Å². The van der Waals surface area contributed by atoms with Crippen LogP contribution in [0.2, 0.25) is 0 Å². The second-order valence-electron chi connectivity index (χ2n) is 6.90. The molecule has 4 rings (SSSR count). The van der Waals surface area contributed by atoms with Gasteiger partial charge in [-0.05, 0) is 65.1 Å². The molecule has 1 aliphatic rings. The zero-order valence-electron chi connectivity index (χ0n) is 15.2. The molecule has 0 radical (unpaired) electrons. The SMILES string of the molecule is O=C1NCCc2c1cccc2-c1ccnc(Cc2cc(F)cc(C(F)(F)F)c2)c1. The summed E-state index contributed by atoms with van der Waals surface area (Å²) in [5.74, 6) is -1.06. The van der Waals surface area contributed by atoms with Gasteiger partial charge in [-0.1, -0.05) is 12.1 Å². The second-order valence-corrected chi connectivity index (χ2v) is 6.90. The van der Waals surface area contributed by atoms with Crippen molar-refractivity contribution in [3.63, 3.8) is 0 Å². The molecule has 0 saturated heterocycles. The molecule has 3 aromatic rings. The predicted molar refractivity (Wildman–Crippen MR) is 99.9 cm³/mol. The molecule has 148 valence electrons. The normalized spacial score (nSPS) is 13.7. The lowest BCUT2D eigenvalue weighted by Crippen LogP contribution is -2.32. The molecule has 29 heavy (non-hydrogen) atoms. The minimum Gasteiger partial charge on any atom is -0.352 e. The van der Waals surface area contributed by atoms with E-state index in [9.17, 15) is 22.4 Å². The summed E-state index contributed by atoms with van der Waals surface area (Å²) in [6.45, 7) is 0.546. The largest absolute Gasteiger partial charge is 0.416 e. The Hall–Kier alpha value is -3.22. The standard InChI is InChI=1S/C22H16F4N2O/c23-16-9-13(8-15(12-16)22(24,25)26)10-17-11-14(4-6-27-17)18-2-1-3-20-19(18)5-7-28-21(20)29/h1-4,6,8-9,11-12H,5,7,10H2,(H,28,29). The smallest absolute Gasteiger partial charge is 0.352 e. The van der Waals surface area contributed by atoms with Crippen LogP contribution in [-0.4, -0.2) is 17.4 Å². The summed E-state index contributed by atoms with van der Waals surface area (Å²) in [7, 11) is 0. The van der Waals surface area contributed by atoms with Gasteiger partial charge in [0.1, 0.15) is 5.82 Å². The second kappa shape index (κ2) is 7.31. The first-order valence-electron chi connectivity index (χ1n) is 9.03. The molecule has 0 saturated carbocycles. The molecule has 0 aliphatic carbocycles. The number of nitrogens with zero attached hydrogens (tertiary/aromatic N) is 1. The number of fused-ring (bicyclic) bond motifs is 1. The van der Waals surface area contributed by atoms with Gasteiger partial charge in [-0.15, -0.1) is 0 Å². The number of benzene rings is 2. The Kier molecular flexibility index (Phi) is 4.82. The van der Waals surface area contributed by atoms with Crippen molar-refractivity contribution in [2.45, 2.75) is 19.0 Å². The number of carbonyl (C=O) groups is 1. The summed E-state index contributed by atoms with van der Waals surface area (Å²) < 4.78 is 52.5. The third-order valence-electron chi connectivity index (χ3n) is 4.88. The fourth-order valence-corrected chi connectivity index (χ4v) is 3.60. The van der Waals surface area contributed by atoms with E-state index in [0.717, 1.165) is 28.8 Å². The van der Waals surface area contributed by atoms with Crippen LogP contribution in [0.25, 0.3) is 11.1 Å². The van der Waals surface area contributed by atoms with E-state index in [2.05, 4.69) is 10.3 Å². The van der Waals surface area contributed by atoms with E-state index in [1.54, 1.807) is 30.5 Å². The highest BCUT2D eigenvalue weighted by molar-refractivity contribution is 5.98. The van der Waals surface area contributed by atoms with Crippen molar-refractivity contribution in [3.8, 4) is 11.1 Å². The van der Waals surface area contributed by atoms with E-state index in [0.29, 0.717) is 30.3 Å². The minimum atomic E-state index is -4.62. The van der Waals surface area contributed by atoms with E-state index in [1.165, 1.54) is 0 Å². The highest BCUT2D eigenvalue weighted by Crippen LogP contribution is 2.32. The first kappa shape index (κ1) is 19.1. The summed E-state index contributed by atoms with van der Waals surface area (Å²) in [5.41, 5.74) is 2.93. The molecule has 0 unspecified atom stereocenters.